The van der Waals surface area contributed by atoms with Crippen molar-refractivity contribution in [2.75, 3.05) is 30.2 Å². The van der Waals surface area contributed by atoms with Crippen LogP contribution in [-0.4, -0.2) is 82.3 Å². The van der Waals surface area contributed by atoms with Crippen LogP contribution in [0.5, 0.6) is 0 Å². The Morgan fingerprint density at radius 1 is 1.11 bits per heavy atom. The van der Waals surface area contributed by atoms with Crippen molar-refractivity contribution < 1.29 is 43.3 Å². The SMILES string of the molecule is CNc1nc(NCc2ccccc2)c2ncn([C@@H]3O[C@H](COP(=O)(O)CP(=O)(O)O)[C@@H](O)[C@H]3O)c2n1. The summed E-state index contributed by atoms with van der Waals surface area (Å²) in [6, 6.07) is 9.61. The lowest BCUT2D eigenvalue weighted by molar-refractivity contribution is -0.0483. The van der Waals surface area contributed by atoms with E-state index in [9.17, 15) is 24.2 Å². The molecule has 196 valence electrons. The minimum absolute atomic E-state index is 0.256. The number of hydrogen-bond acceptors (Lipinski definition) is 11. The number of nitrogens with one attached hydrogen (secondary N) is 2. The molecule has 0 bridgehead atoms. The molecule has 17 heteroatoms. The van der Waals surface area contributed by atoms with E-state index < -0.39 is 52.2 Å². The average molecular weight is 544 g/mol. The van der Waals surface area contributed by atoms with Crippen molar-refractivity contribution >= 4 is 38.1 Å². The van der Waals surface area contributed by atoms with Gasteiger partial charge in [-0.15, -0.1) is 0 Å². The van der Waals surface area contributed by atoms with Crippen LogP contribution < -0.4 is 10.6 Å². The Bertz CT molecular complexity index is 1300. The van der Waals surface area contributed by atoms with Crippen molar-refractivity contribution in [2.24, 2.45) is 0 Å². The lowest BCUT2D eigenvalue weighted by Crippen LogP contribution is -2.33. The maximum Gasteiger partial charge on any atom is 0.340 e. The number of imidazole rings is 1. The van der Waals surface area contributed by atoms with Gasteiger partial charge in [-0.25, -0.2) is 4.98 Å². The predicted octanol–water partition coefficient (Wildman–Crippen LogP) is 0.436. The van der Waals surface area contributed by atoms with Gasteiger partial charge in [0.2, 0.25) is 5.95 Å². The van der Waals surface area contributed by atoms with Gasteiger partial charge in [0.1, 0.15) is 18.3 Å². The second-order valence-electron chi connectivity index (χ2n) is 8.09. The van der Waals surface area contributed by atoms with Gasteiger partial charge in [-0.2, -0.15) is 9.97 Å². The highest BCUT2D eigenvalue weighted by Crippen LogP contribution is 2.55. The smallest absolute Gasteiger partial charge is 0.340 e. The maximum absolute atomic E-state index is 11.9. The highest BCUT2D eigenvalue weighted by Gasteiger charge is 2.45. The molecule has 5 atom stereocenters. The molecular formula is C19H26N6O9P2. The highest BCUT2D eigenvalue weighted by atomic mass is 31.2. The molecule has 0 spiro atoms. The van der Waals surface area contributed by atoms with E-state index in [2.05, 4.69) is 25.6 Å². The van der Waals surface area contributed by atoms with E-state index in [1.807, 2.05) is 30.3 Å². The molecule has 0 aliphatic carbocycles. The zero-order valence-electron chi connectivity index (χ0n) is 18.9. The lowest BCUT2D eigenvalue weighted by atomic mass is 10.1. The van der Waals surface area contributed by atoms with E-state index in [0.717, 1.165) is 5.56 Å². The molecule has 3 aromatic rings. The van der Waals surface area contributed by atoms with Gasteiger partial charge in [-0.3, -0.25) is 13.7 Å². The van der Waals surface area contributed by atoms with Crippen molar-refractivity contribution in [3.05, 3.63) is 42.2 Å². The summed E-state index contributed by atoms with van der Waals surface area (Å²) in [5.41, 5.74) is 1.66. The number of anilines is 2. The first-order chi connectivity index (χ1) is 17.0. The Morgan fingerprint density at radius 3 is 2.50 bits per heavy atom. The van der Waals surface area contributed by atoms with Crippen LogP contribution in [0, 0.1) is 0 Å². The second-order valence-corrected chi connectivity index (χ2v) is 12.1. The molecule has 1 saturated heterocycles. The van der Waals surface area contributed by atoms with Crippen LogP contribution in [0.4, 0.5) is 11.8 Å². The first kappa shape index (κ1) is 26.6. The van der Waals surface area contributed by atoms with Crippen LogP contribution in [0.1, 0.15) is 11.8 Å². The van der Waals surface area contributed by atoms with Gasteiger partial charge in [0, 0.05) is 13.6 Å². The molecule has 1 fully saturated rings. The van der Waals surface area contributed by atoms with Crippen LogP contribution in [0.3, 0.4) is 0 Å². The van der Waals surface area contributed by atoms with Crippen molar-refractivity contribution in [3.63, 3.8) is 0 Å². The van der Waals surface area contributed by atoms with E-state index >= 15 is 0 Å². The molecule has 1 aliphatic heterocycles. The summed E-state index contributed by atoms with van der Waals surface area (Å²) in [6.07, 6.45) is -4.16. The number of fused-ring (bicyclic) bond motifs is 1. The third-order valence-corrected chi connectivity index (χ3v) is 8.82. The minimum atomic E-state index is -4.82. The number of ether oxygens (including phenoxy) is 1. The number of hydrogen-bond donors (Lipinski definition) is 7. The summed E-state index contributed by atoms with van der Waals surface area (Å²) in [4.78, 5) is 40.6. The van der Waals surface area contributed by atoms with E-state index in [-0.39, 0.29) is 11.6 Å². The Kier molecular flexibility index (Phi) is 7.76. The third-order valence-electron chi connectivity index (χ3n) is 5.36. The normalized spacial score (nSPS) is 24.1. The Hall–Kier alpha value is -2.45. The molecule has 0 saturated carbocycles. The molecule has 1 aromatic carbocycles. The molecule has 15 nitrogen and oxygen atoms in total. The van der Waals surface area contributed by atoms with Crippen molar-refractivity contribution in [1.82, 2.24) is 19.5 Å². The van der Waals surface area contributed by atoms with Gasteiger partial charge in [-0.1, -0.05) is 30.3 Å². The Labute approximate surface area is 204 Å². The van der Waals surface area contributed by atoms with E-state index in [0.29, 0.717) is 17.9 Å². The van der Waals surface area contributed by atoms with Crippen LogP contribution in [-0.2, 0) is 24.9 Å². The number of aliphatic hydroxyl groups excluding tert-OH is 2. The molecule has 1 unspecified atom stereocenters. The first-order valence-corrected chi connectivity index (χ1v) is 14.3. The zero-order chi connectivity index (χ0) is 26.1. The van der Waals surface area contributed by atoms with Crippen molar-refractivity contribution in [2.45, 2.75) is 31.1 Å². The molecule has 0 amide bonds. The maximum atomic E-state index is 11.9. The summed E-state index contributed by atoms with van der Waals surface area (Å²) in [7, 11) is -7.87. The fraction of sp³-hybridized carbons (Fsp3) is 0.421. The fourth-order valence-electron chi connectivity index (χ4n) is 3.68. The summed E-state index contributed by atoms with van der Waals surface area (Å²) < 4.78 is 34.8. The quantitative estimate of drug-likeness (QED) is 0.172. The number of rotatable bonds is 10. The Morgan fingerprint density at radius 2 is 1.83 bits per heavy atom. The molecule has 7 N–H and O–H groups in total. The predicted molar refractivity (Wildman–Crippen MR) is 127 cm³/mol. The minimum Gasteiger partial charge on any atom is -0.387 e. The topological polar surface area (TPSA) is 221 Å². The molecule has 3 heterocycles. The molecule has 2 aromatic heterocycles. The van der Waals surface area contributed by atoms with E-state index in [1.165, 1.54) is 10.9 Å². The van der Waals surface area contributed by atoms with Gasteiger partial charge in [-0.05, 0) is 5.56 Å². The van der Waals surface area contributed by atoms with Crippen LogP contribution >= 0.6 is 15.2 Å². The molecule has 4 rings (SSSR count). The molecule has 1 aliphatic rings. The third kappa shape index (κ3) is 6.09. The summed E-state index contributed by atoms with van der Waals surface area (Å²) in [6.45, 7) is -0.241. The Balaban J connectivity index is 1.55. The average Bonchev–Trinajstić information content (AvgIpc) is 3.36. The fourth-order valence-corrected chi connectivity index (χ4v) is 6.25. The first-order valence-electron chi connectivity index (χ1n) is 10.7. The van der Waals surface area contributed by atoms with Crippen LogP contribution in [0.2, 0.25) is 0 Å². The van der Waals surface area contributed by atoms with E-state index in [4.69, 9.17) is 19.0 Å². The van der Waals surface area contributed by atoms with Gasteiger partial charge < -0.3 is 44.8 Å². The number of nitrogens with zero attached hydrogens (tertiary/aromatic N) is 4. The van der Waals surface area contributed by atoms with Crippen molar-refractivity contribution in [1.29, 1.82) is 0 Å². The lowest BCUT2D eigenvalue weighted by Gasteiger charge is -2.18. The summed E-state index contributed by atoms with van der Waals surface area (Å²) in [5.74, 6) is -0.714. The zero-order valence-corrected chi connectivity index (χ0v) is 20.7. The summed E-state index contributed by atoms with van der Waals surface area (Å²) >= 11 is 0. The number of aliphatic hydroxyl groups is 2. The van der Waals surface area contributed by atoms with E-state index in [1.54, 1.807) is 7.05 Å². The van der Waals surface area contributed by atoms with Crippen molar-refractivity contribution in [3.8, 4) is 0 Å². The van der Waals surface area contributed by atoms with Crippen LogP contribution in [0.25, 0.3) is 11.2 Å². The monoisotopic (exact) mass is 544 g/mol. The standard InChI is InChI=1S/C19H26N6O9P2/c1-20-19-23-16(21-7-11-5-3-2-4-6-11)13-17(24-19)25(9-22-13)18-15(27)14(26)12(34-18)8-33-36(31,32)10-35(28,29)30/h2-6,9,12,14-15,18,26-27H,7-8,10H2,1H3,(H,31,32)(H2,28,29,30)(H2,20,21,23,24)/t12-,14-,15-,18-/m1/s1. The second kappa shape index (κ2) is 10.5. The van der Waals surface area contributed by atoms with Gasteiger partial charge >= 0.3 is 15.2 Å². The van der Waals surface area contributed by atoms with Gasteiger partial charge in [0.15, 0.2) is 29.1 Å². The van der Waals surface area contributed by atoms with Gasteiger partial charge in [0.05, 0.1) is 12.9 Å². The largest absolute Gasteiger partial charge is 0.387 e. The number of benzene rings is 1. The van der Waals surface area contributed by atoms with Crippen LogP contribution in [0.15, 0.2) is 36.7 Å². The molecular weight excluding hydrogens is 518 g/mol. The molecule has 36 heavy (non-hydrogen) atoms. The highest BCUT2D eigenvalue weighted by molar-refractivity contribution is 7.70. The van der Waals surface area contributed by atoms with Gasteiger partial charge in [0.25, 0.3) is 0 Å². The molecule has 0 radical (unpaired) electrons. The number of aromatic nitrogens is 4. The summed E-state index contributed by atoms with van der Waals surface area (Å²) in [5, 5.41) is 27.1.